The number of benzene rings is 1. The van der Waals surface area contributed by atoms with Crippen molar-refractivity contribution in [3.63, 3.8) is 0 Å². The zero-order chi connectivity index (χ0) is 23.6. The number of nitrogens with one attached hydrogen (secondary N) is 3. The third-order valence-electron chi connectivity index (χ3n) is 5.77. The second-order valence-electron chi connectivity index (χ2n) is 9.68. The molecule has 1 amide bonds. The number of likely N-dealkylation sites (tertiary alicyclic amines) is 1. The van der Waals surface area contributed by atoms with E-state index in [-0.39, 0.29) is 11.3 Å². The highest BCUT2D eigenvalue weighted by molar-refractivity contribution is 5.80. The Morgan fingerprint density at radius 1 is 1.22 bits per heavy atom. The Morgan fingerprint density at radius 3 is 2.44 bits per heavy atom. The Morgan fingerprint density at radius 2 is 1.88 bits per heavy atom. The average molecular weight is 446 g/mol. The minimum absolute atomic E-state index is 0.0769. The number of hydrogen-bond acceptors (Lipinski definition) is 4. The van der Waals surface area contributed by atoms with Gasteiger partial charge < -0.3 is 20.7 Å². The molecule has 1 aromatic rings. The van der Waals surface area contributed by atoms with Crippen LogP contribution in [0.1, 0.15) is 53.0 Å². The summed E-state index contributed by atoms with van der Waals surface area (Å²) >= 11 is 0. The van der Waals surface area contributed by atoms with Crippen LogP contribution in [-0.2, 0) is 10.2 Å². The molecule has 32 heavy (non-hydrogen) atoms. The first kappa shape index (κ1) is 26.0. The van der Waals surface area contributed by atoms with E-state index in [9.17, 15) is 4.79 Å². The smallest absolute Gasteiger partial charge is 0.233 e. The summed E-state index contributed by atoms with van der Waals surface area (Å²) in [5.74, 6) is 2.37. The zero-order valence-electron chi connectivity index (χ0n) is 20.8. The molecule has 2 rings (SSSR count). The second kappa shape index (κ2) is 12.7. The van der Waals surface area contributed by atoms with Crippen LogP contribution in [0.2, 0.25) is 0 Å². The Hall–Kier alpha value is -2.28. The number of rotatable bonds is 10. The van der Waals surface area contributed by atoms with E-state index in [1.54, 1.807) is 7.05 Å². The van der Waals surface area contributed by atoms with Gasteiger partial charge in [0.05, 0.1) is 19.7 Å². The van der Waals surface area contributed by atoms with Crippen molar-refractivity contribution in [3.05, 3.63) is 29.8 Å². The third-order valence-corrected chi connectivity index (χ3v) is 5.77. The predicted molar refractivity (Wildman–Crippen MR) is 132 cm³/mol. The minimum Gasteiger partial charge on any atom is -0.493 e. The highest BCUT2D eigenvalue weighted by Crippen LogP contribution is 2.26. The maximum absolute atomic E-state index is 11.6. The fourth-order valence-electron chi connectivity index (χ4n) is 3.66. The summed E-state index contributed by atoms with van der Waals surface area (Å²) in [6.45, 7) is 15.4. The lowest BCUT2D eigenvalue weighted by atomic mass is 9.85. The van der Waals surface area contributed by atoms with Gasteiger partial charge in [-0.15, -0.1) is 0 Å². The van der Waals surface area contributed by atoms with Crippen molar-refractivity contribution < 1.29 is 9.53 Å². The van der Waals surface area contributed by atoms with Gasteiger partial charge in [0.1, 0.15) is 5.75 Å². The first-order valence-electron chi connectivity index (χ1n) is 11.9. The normalized spacial score (nSPS) is 16.2. The van der Waals surface area contributed by atoms with Gasteiger partial charge in [-0.2, -0.15) is 0 Å². The number of aliphatic imine (C=N–C) groups is 1. The van der Waals surface area contributed by atoms with Crippen LogP contribution in [0.15, 0.2) is 29.3 Å². The van der Waals surface area contributed by atoms with Crippen LogP contribution in [0.3, 0.4) is 0 Å². The molecule has 0 atom stereocenters. The topological polar surface area (TPSA) is 78.0 Å². The van der Waals surface area contributed by atoms with Gasteiger partial charge in [0.15, 0.2) is 5.96 Å². The summed E-state index contributed by atoms with van der Waals surface area (Å²) in [6, 6.07) is 8.77. The van der Waals surface area contributed by atoms with Crippen molar-refractivity contribution in [2.75, 3.05) is 46.4 Å². The summed E-state index contributed by atoms with van der Waals surface area (Å²) in [4.78, 5) is 18.7. The number of likely N-dealkylation sites (N-methyl/N-ethyl adjacent to an activating group) is 1. The summed E-state index contributed by atoms with van der Waals surface area (Å²) in [6.07, 6.45) is 2.01. The molecule has 1 fully saturated rings. The molecule has 0 bridgehead atoms. The largest absolute Gasteiger partial charge is 0.493 e. The van der Waals surface area contributed by atoms with E-state index < -0.39 is 0 Å². The van der Waals surface area contributed by atoms with Gasteiger partial charge in [0.2, 0.25) is 5.91 Å². The maximum atomic E-state index is 11.6. The fraction of sp³-hybridized carbons (Fsp3) is 0.680. The van der Waals surface area contributed by atoms with Gasteiger partial charge in [-0.1, -0.05) is 39.8 Å². The third kappa shape index (κ3) is 8.69. The van der Waals surface area contributed by atoms with E-state index in [1.165, 1.54) is 5.56 Å². The quantitative estimate of drug-likeness (QED) is 0.381. The molecule has 0 aliphatic carbocycles. The van der Waals surface area contributed by atoms with Crippen LogP contribution in [0.25, 0.3) is 0 Å². The summed E-state index contributed by atoms with van der Waals surface area (Å²) in [5, 5.41) is 9.68. The van der Waals surface area contributed by atoms with E-state index in [1.807, 2.05) is 0 Å². The molecular weight excluding hydrogens is 402 g/mol. The van der Waals surface area contributed by atoms with Gasteiger partial charge in [-0.25, -0.2) is 0 Å². The van der Waals surface area contributed by atoms with Crippen LogP contribution in [-0.4, -0.2) is 69.2 Å². The highest BCUT2D eigenvalue weighted by atomic mass is 16.5. The SMILES string of the molecule is CCNC(=NCC(C)(C)c1ccc(OCC(C)C)cc1)NC1CCN(CC(=O)NC)CC1. The average Bonchev–Trinajstić information content (AvgIpc) is 2.77. The molecule has 0 saturated carbocycles. The molecular formula is C25H43N5O2. The lowest BCUT2D eigenvalue weighted by Crippen LogP contribution is -2.50. The van der Waals surface area contributed by atoms with Gasteiger partial charge in [-0.3, -0.25) is 14.7 Å². The molecule has 0 aromatic heterocycles. The van der Waals surface area contributed by atoms with E-state index in [0.29, 0.717) is 25.0 Å². The first-order valence-corrected chi connectivity index (χ1v) is 11.9. The molecule has 0 unspecified atom stereocenters. The summed E-state index contributed by atoms with van der Waals surface area (Å²) in [7, 11) is 1.69. The van der Waals surface area contributed by atoms with Gasteiger partial charge in [0.25, 0.3) is 0 Å². The maximum Gasteiger partial charge on any atom is 0.233 e. The number of hydrogen-bond donors (Lipinski definition) is 3. The van der Waals surface area contributed by atoms with E-state index >= 15 is 0 Å². The molecule has 1 aliphatic rings. The monoisotopic (exact) mass is 445 g/mol. The number of ether oxygens (including phenoxy) is 1. The zero-order valence-corrected chi connectivity index (χ0v) is 20.8. The lowest BCUT2D eigenvalue weighted by molar-refractivity contribution is -0.122. The van der Waals surface area contributed by atoms with Crippen molar-refractivity contribution in [1.82, 2.24) is 20.9 Å². The molecule has 0 radical (unpaired) electrons. The Bertz CT molecular complexity index is 722. The summed E-state index contributed by atoms with van der Waals surface area (Å²) < 4.78 is 5.81. The van der Waals surface area contributed by atoms with E-state index in [2.05, 4.69) is 79.7 Å². The van der Waals surface area contributed by atoms with E-state index in [4.69, 9.17) is 9.73 Å². The van der Waals surface area contributed by atoms with Crippen LogP contribution < -0.4 is 20.7 Å². The Labute approximate surface area is 194 Å². The molecule has 7 heteroatoms. The van der Waals surface area contributed by atoms with Gasteiger partial charge >= 0.3 is 0 Å². The molecule has 1 aliphatic heterocycles. The predicted octanol–water partition coefficient (Wildman–Crippen LogP) is 2.76. The van der Waals surface area contributed by atoms with Crippen LogP contribution in [0, 0.1) is 5.92 Å². The number of piperidine rings is 1. The second-order valence-corrected chi connectivity index (χ2v) is 9.68. The van der Waals surface area contributed by atoms with Crippen molar-refractivity contribution >= 4 is 11.9 Å². The Kier molecular flexibility index (Phi) is 10.3. The molecule has 1 aromatic carbocycles. The molecule has 3 N–H and O–H groups in total. The fourth-order valence-corrected chi connectivity index (χ4v) is 3.66. The summed E-state index contributed by atoms with van der Waals surface area (Å²) in [5.41, 5.74) is 1.16. The van der Waals surface area contributed by atoms with E-state index in [0.717, 1.165) is 50.8 Å². The molecule has 7 nitrogen and oxygen atoms in total. The van der Waals surface area contributed by atoms with Crippen LogP contribution >= 0.6 is 0 Å². The number of amides is 1. The number of carbonyl (C=O) groups is 1. The van der Waals surface area contributed by atoms with Crippen molar-refractivity contribution in [1.29, 1.82) is 0 Å². The van der Waals surface area contributed by atoms with Crippen molar-refractivity contribution in [3.8, 4) is 5.75 Å². The minimum atomic E-state index is -0.0875. The number of nitrogens with zero attached hydrogens (tertiary/aromatic N) is 2. The van der Waals surface area contributed by atoms with Gasteiger partial charge in [-0.05, 0) is 43.4 Å². The van der Waals surface area contributed by atoms with Gasteiger partial charge in [0, 0.05) is 38.1 Å². The molecule has 1 heterocycles. The van der Waals surface area contributed by atoms with Crippen molar-refractivity contribution in [2.45, 2.75) is 58.9 Å². The molecule has 180 valence electrons. The Balaban J connectivity index is 1.92. The molecule has 1 saturated heterocycles. The van der Waals surface area contributed by atoms with Crippen LogP contribution in [0.5, 0.6) is 5.75 Å². The number of carbonyl (C=O) groups excluding carboxylic acids is 1. The van der Waals surface area contributed by atoms with Crippen LogP contribution in [0.4, 0.5) is 0 Å². The highest BCUT2D eigenvalue weighted by Gasteiger charge is 2.23. The van der Waals surface area contributed by atoms with Crippen molar-refractivity contribution in [2.24, 2.45) is 10.9 Å². The number of guanidine groups is 1. The lowest BCUT2D eigenvalue weighted by Gasteiger charge is -2.32. The standard InChI is InChI=1S/C25H43N5O2/c1-7-27-24(29-21-12-14-30(15-13-21)16-23(31)26-6)28-18-25(4,5)20-8-10-22(11-9-20)32-17-19(2)3/h8-11,19,21H,7,12-18H2,1-6H3,(H,26,31)(H2,27,28,29). The first-order chi connectivity index (χ1) is 15.2. The molecule has 0 spiro atoms.